The molecular formula is C12H20OSi. The summed E-state index contributed by atoms with van der Waals surface area (Å²) in [5.41, 5.74) is 2.69. The van der Waals surface area contributed by atoms with Crippen LogP contribution in [-0.2, 0) is 6.04 Å². The Morgan fingerprint density at radius 1 is 1.21 bits per heavy atom. The molecular weight excluding hydrogens is 188 g/mol. The Morgan fingerprint density at radius 3 is 2.36 bits per heavy atom. The fourth-order valence-electron chi connectivity index (χ4n) is 1.62. The highest BCUT2D eigenvalue weighted by molar-refractivity contribution is 6.75. The molecule has 0 saturated heterocycles. The molecule has 1 aromatic rings. The van der Waals surface area contributed by atoms with Crippen LogP contribution in [0.3, 0.4) is 0 Å². The summed E-state index contributed by atoms with van der Waals surface area (Å²) in [4.78, 5) is 0. The zero-order chi connectivity index (χ0) is 10.8. The van der Waals surface area contributed by atoms with E-state index in [4.69, 9.17) is 4.74 Å². The molecule has 0 atom stereocenters. The molecule has 1 rings (SSSR count). The fourth-order valence-corrected chi connectivity index (χ4v) is 3.04. The van der Waals surface area contributed by atoms with Gasteiger partial charge in [-0.25, -0.2) is 0 Å². The molecule has 1 nitrogen and oxygen atoms in total. The van der Waals surface area contributed by atoms with Gasteiger partial charge < -0.3 is 4.74 Å². The lowest BCUT2D eigenvalue weighted by Crippen LogP contribution is -2.24. The predicted molar refractivity (Wildman–Crippen MR) is 64.8 cm³/mol. The van der Waals surface area contributed by atoms with Gasteiger partial charge in [0.2, 0.25) is 0 Å². The first kappa shape index (κ1) is 11.3. The lowest BCUT2D eigenvalue weighted by Gasteiger charge is -2.18. The van der Waals surface area contributed by atoms with E-state index in [1.165, 1.54) is 17.2 Å². The average molecular weight is 208 g/mol. The van der Waals surface area contributed by atoms with Crippen LogP contribution in [0, 0.1) is 6.92 Å². The fraction of sp³-hybridized carbons (Fsp3) is 0.500. The van der Waals surface area contributed by atoms with Gasteiger partial charge in [0.15, 0.2) is 0 Å². The van der Waals surface area contributed by atoms with Gasteiger partial charge in [-0.3, -0.25) is 0 Å². The third-order valence-corrected chi connectivity index (χ3v) is 3.60. The van der Waals surface area contributed by atoms with Crippen molar-refractivity contribution in [3.05, 3.63) is 29.3 Å². The molecule has 0 spiro atoms. The van der Waals surface area contributed by atoms with Crippen LogP contribution in [0.1, 0.15) is 11.1 Å². The molecule has 0 saturated carbocycles. The second-order valence-electron chi connectivity index (χ2n) is 5.05. The summed E-state index contributed by atoms with van der Waals surface area (Å²) >= 11 is 0. The Balaban J connectivity index is 2.99. The molecule has 0 N–H and O–H groups in total. The van der Waals surface area contributed by atoms with E-state index in [9.17, 15) is 0 Å². The van der Waals surface area contributed by atoms with Crippen molar-refractivity contribution < 1.29 is 4.74 Å². The van der Waals surface area contributed by atoms with Crippen molar-refractivity contribution >= 4 is 8.07 Å². The number of ether oxygens (including phenoxy) is 1. The number of hydrogen-bond acceptors (Lipinski definition) is 1. The number of aryl methyl sites for hydroxylation is 1. The SMILES string of the molecule is COc1ccc(C)cc1C[Si](C)(C)C. The first-order chi connectivity index (χ1) is 6.42. The lowest BCUT2D eigenvalue weighted by atomic mass is 10.1. The molecule has 14 heavy (non-hydrogen) atoms. The molecule has 0 aromatic heterocycles. The van der Waals surface area contributed by atoms with Gasteiger partial charge in [0, 0.05) is 8.07 Å². The number of methoxy groups -OCH3 is 1. The molecule has 0 radical (unpaired) electrons. The first-order valence-corrected chi connectivity index (χ1v) is 8.76. The van der Waals surface area contributed by atoms with Gasteiger partial charge in [0.25, 0.3) is 0 Å². The van der Waals surface area contributed by atoms with Crippen molar-refractivity contribution in [1.29, 1.82) is 0 Å². The number of rotatable bonds is 3. The smallest absolute Gasteiger partial charge is 0.121 e. The zero-order valence-electron chi connectivity index (χ0n) is 9.85. The van der Waals surface area contributed by atoms with Gasteiger partial charge in [-0.1, -0.05) is 37.3 Å². The van der Waals surface area contributed by atoms with Crippen molar-refractivity contribution in [1.82, 2.24) is 0 Å². The van der Waals surface area contributed by atoms with Gasteiger partial charge in [-0.05, 0) is 24.6 Å². The maximum absolute atomic E-state index is 5.37. The van der Waals surface area contributed by atoms with E-state index in [0.29, 0.717) is 0 Å². The molecule has 0 fully saturated rings. The molecule has 2 heteroatoms. The maximum atomic E-state index is 5.37. The summed E-state index contributed by atoms with van der Waals surface area (Å²) < 4.78 is 5.37. The largest absolute Gasteiger partial charge is 0.496 e. The van der Waals surface area contributed by atoms with Gasteiger partial charge in [-0.2, -0.15) is 0 Å². The third kappa shape index (κ3) is 3.18. The summed E-state index contributed by atoms with van der Waals surface area (Å²) in [6.07, 6.45) is 0. The second-order valence-corrected chi connectivity index (χ2v) is 10.5. The molecule has 0 amide bonds. The highest BCUT2D eigenvalue weighted by atomic mass is 28.3. The first-order valence-electron chi connectivity index (χ1n) is 5.06. The van der Waals surface area contributed by atoms with Crippen LogP contribution in [0.25, 0.3) is 0 Å². The Labute approximate surface area is 88.1 Å². The van der Waals surface area contributed by atoms with Crippen LogP contribution < -0.4 is 4.74 Å². The van der Waals surface area contributed by atoms with Crippen molar-refractivity contribution in [3.8, 4) is 5.75 Å². The van der Waals surface area contributed by atoms with E-state index < -0.39 is 8.07 Å². The molecule has 0 bridgehead atoms. The van der Waals surface area contributed by atoms with E-state index in [-0.39, 0.29) is 0 Å². The molecule has 0 unspecified atom stereocenters. The van der Waals surface area contributed by atoms with Crippen molar-refractivity contribution in [3.63, 3.8) is 0 Å². The van der Waals surface area contributed by atoms with Gasteiger partial charge in [0.1, 0.15) is 5.75 Å². The van der Waals surface area contributed by atoms with Crippen molar-refractivity contribution in [2.75, 3.05) is 7.11 Å². The van der Waals surface area contributed by atoms with Crippen molar-refractivity contribution in [2.24, 2.45) is 0 Å². The molecule has 0 aliphatic heterocycles. The van der Waals surface area contributed by atoms with Crippen LogP contribution >= 0.6 is 0 Å². The topological polar surface area (TPSA) is 9.23 Å². The summed E-state index contributed by atoms with van der Waals surface area (Å²) in [5.74, 6) is 1.04. The van der Waals surface area contributed by atoms with Crippen LogP contribution in [0.4, 0.5) is 0 Å². The van der Waals surface area contributed by atoms with Crippen LogP contribution in [-0.4, -0.2) is 15.2 Å². The van der Waals surface area contributed by atoms with Crippen LogP contribution in [0.2, 0.25) is 19.6 Å². The normalized spacial score (nSPS) is 11.5. The van der Waals surface area contributed by atoms with Gasteiger partial charge in [-0.15, -0.1) is 0 Å². The minimum absolute atomic E-state index is 1.04. The van der Waals surface area contributed by atoms with E-state index in [2.05, 4.69) is 44.8 Å². The van der Waals surface area contributed by atoms with Crippen molar-refractivity contribution in [2.45, 2.75) is 32.6 Å². The lowest BCUT2D eigenvalue weighted by molar-refractivity contribution is 0.411. The molecule has 0 aliphatic carbocycles. The van der Waals surface area contributed by atoms with Gasteiger partial charge >= 0.3 is 0 Å². The second kappa shape index (κ2) is 4.18. The standard InChI is InChI=1S/C12H20OSi/c1-10-6-7-12(13-2)11(8-10)9-14(3,4)5/h6-8H,9H2,1-5H3. The Hall–Kier alpha value is -0.763. The zero-order valence-corrected chi connectivity index (χ0v) is 10.8. The van der Waals surface area contributed by atoms with E-state index in [1.54, 1.807) is 7.11 Å². The summed E-state index contributed by atoms with van der Waals surface area (Å²) in [6, 6.07) is 7.62. The van der Waals surface area contributed by atoms with E-state index >= 15 is 0 Å². The highest BCUT2D eigenvalue weighted by Gasteiger charge is 2.16. The van der Waals surface area contributed by atoms with Gasteiger partial charge in [0.05, 0.1) is 7.11 Å². The highest BCUT2D eigenvalue weighted by Crippen LogP contribution is 2.23. The van der Waals surface area contributed by atoms with Crippen LogP contribution in [0.5, 0.6) is 5.75 Å². The van der Waals surface area contributed by atoms with Crippen LogP contribution in [0.15, 0.2) is 18.2 Å². The van der Waals surface area contributed by atoms with E-state index in [1.807, 2.05) is 0 Å². The minimum Gasteiger partial charge on any atom is -0.496 e. The molecule has 0 heterocycles. The Morgan fingerprint density at radius 2 is 1.86 bits per heavy atom. The Bertz CT molecular complexity index is 313. The quantitative estimate of drug-likeness (QED) is 0.692. The third-order valence-electron chi connectivity index (χ3n) is 2.16. The Kier molecular flexibility index (Phi) is 3.37. The number of benzene rings is 1. The molecule has 1 aromatic carbocycles. The summed E-state index contributed by atoms with van der Waals surface area (Å²) in [5, 5.41) is 0. The molecule has 78 valence electrons. The number of hydrogen-bond donors (Lipinski definition) is 0. The minimum atomic E-state index is -1.05. The summed E-state index contributed by atoms with van der Waals surface area (Å²) in [6.45, 7) is 9.28. The summed E-state index contributed by atoms with van der Waals surface area (Å²) in [7, 11) is 0.700. The monoisotopic (exact) mass is 208 g/mol. The predicted octanol–water partition coefficient (Wildman–Crippen LogP) is 3.42. The maximum Gasteiger partial charge on any atom is 0.121 e. The van der Waals surface area contributed by atoms with E-state index in [0.717, 1.165) is 5.75 Å². The molecule has 0 aliphatic rings. The average Bonchev–Trinajstić information content (AvgIpc) is 2.01.